The number of nitriles is 1. The van der Waals surface area contributed by atoms with Crippen molar-refractivity contribution in [2.45, 2.75) is 38.3 Å². The molecular formula is C24H28ClN5O3. The molecule has 2 aromatic rings. The Bertz CT molecular complexity index is 1050. The number of β-amino-alcohol motifs (C(OH)–C–C–N with tert-alkyl or cyclic N) is 1. The van der Waals surface area contributed by atoms with E-state index in [9.17, 15) is 9.90 Å². The molecule has 1 aliphatic heterocycles. The van der Waals surface area contributed by atoms with Crippen LogP contribution in [-0.2, 0) is 4.79 Å². The Labute approximate surface area is 198 Å². The van der Waals surface area contributed by atoms with Crippen LogP contribution < -0.4 is 20.8 Å². The zero-order chi connectivity index (χ0) is 23.8. The second-order valence-electron chi connectivity index (χ2n) is 8.51. The molecule has 8 nitrogen and oxygen atoms in total. The fourth-order valence-electron chi connectivity index (χ4n) is 3.17. The summed E-state index contributed by atoms with van der Waals surface area (Å²) in [5, 5.41) is 30.5. The summed E-state index contributed by atoms with van der Waals surface area (Å²) in [4.78, 5) is 11.2. The molecule has 0 unspecified atom stereocenters. The van der Waals surface area contributed by atoms with Gasteiger partial charge in [-0.25, -0.2) is 5.43 Å². The molecule has 9 heteroatoms. The number of hydrogen-bond acceptors (Lipinski definition) is 7. The molecule has 2 aromatic carbocycles. The number of halogens is 1. The van der Waals surface area contributed by atoms with Crippen LogP contribution in [0.2, 0.25) is 5.02 Å². The highest BCUT2D eigenvalue weighted by Crippen LogP contribution is 2.25. The van der Waals surface area contributed by atoms with Crippen LogP contribution in [-0.4, -0.2) is 48.1 Å². The van der Waals surface area contributed by atoms with Gasteiger partial charge >= 0.3 is 0 Å². The van der Waals surface area contributed by atoms with Gasteiger partial charge in [-0.1, -0.05) is 23.7 Å². The van der Waals surface area contributed by atoms with Gasteiger partial charge in [-0.05, 0) is 49.7 Å². The summed E-state index contributed by atoms with van der Waals surface area (Å²) < 4.78 is 5.58. The quantitative estimate of drug-likeness (QED) is 0.424. The molecule has 1 amide bonds. The summed E-state index contributed by atoms with van der Waals surface area (Å²) in [6.45, 7) is 5.09. The predicted octanol–water partition coefficient (Wildman–Crippen LogP) is 3.05. The zero-order valence-electron chi connectivity index (χ0n) is 18.7. The highest BCUT2D eigenvalue weighted by molar-refractivity contribution is 6.32. The molecule has 3 rings (SSSR count). The van der Waals surface area contributed by atoms with E-state index in [0.717, 1.165) is 17.0 Å². The summed E-state index contributed by atoms with van der Waals surface area (Å²) in [5.41, 5.74) is 5.49. The summed E-state index contributed by atoms with van der Waals surface area (Å²) in [6.07, 6.45) is 0.342. The van der Waals surface area contributed by atoms with Crippen molar-refractivity contribution in [3.8, 4) is 11.8 Å². The van der Waals surface area contributed by atoms with Crippen molar-refractivity contribution in [2.75, 3.05) is 25.0 Å². The van der Waals surface area contributed by atoms with Crippen LogP contribution in [0.25, 0.3) is 0 Å². The highest BCUT2D eigenvalue weighted by Gasteiger charge is 2.19. The van der Waals surface area contributed by atoms with Gasteiger partial charge in [0, 0.05) is 37.2 Å². The van der Waals surface area contributed by atoms with E-state index in [0.29, 0.717) is 42.3 Å². The number of carbonyl (C=O) groups is 1. The molecule has 0 spiro atoms. The van der Waals surface area contributed by atoms with Gasteiger partial charge in [-0.15, -0.1) is 0 Å². The molecule has 1 atom stereocenters. The van der Waals surface area contributed by atoms with Gasteiger partial charge < -0.3 is 20.5 Å². The Morgan fingerprint density at radius 1 is 1.27 bits per heavy atom. The molecule has 174 valence electrons. The van der Waals surface area contributed by atoms with E-state index < -0.39 is 6.10 Å². The molecule has 1 heterocycles. The van der Waals surface area contributed by atoms with Crippen molar-refractivity contribution >= 4 is 28.9 Å². The lowest BCUT2D eigenvalue weighted by Gasteiger charge is -2.28. The zero-order valence-corrected chi connectivity index (χ0v) is 19.4. The average molecular weight is 470 g/mol. The number of amides is 1. The lowest BCUT2D eigenvalue weighted by molar-refractivity contribution is -0.121. The number of benzene rings is 2. The molecule has 0 fully saturated rings. The van der Waals surface area contributed by atoms with E-state index in [4.69, 9.17) is 21.6 Å². The first-order valence-corrected chi connectivity index (χ1v) is 11.1. The van der Waals surface area contributed by atoms with Gasteiger partial charge in [0.05, 0.1) is 22.4 Å². The normalized spacial score (nSPS) is 14.6. The average Bonchev–Trinajstić information content (AvgIpc) is 2.82. The van der Waals surface area contributed by atoms with E-state index in [1.807, 2.05) is 44.2 Å². The predicted molar refractivity (Wildman–Crippen MR) is 129 cm³/mol. The molecule has 0 aliphatic carbocycles. The first kappa shape index (κ1) is 24.5. The van der Waals surface area contributed by atoms with Crippen LogP contribution in [0.3, 0.4) is 0 Å². The number of nitrogens with zero attached hydrogens (tertiary/aromatic N) is 2. The van der Waals surface area contributed by atoms with Gasteiger partial charge in [-0.2, -0.15) is 10.4 Å². The van der Waals surface area contributed by atoms with Crippen LogP contribution in [0.5, 0.6) is 5.75 Å². The van der Waals surface area contributed by atoms with E-state index in [2.05, 4.69) is 21.2 Å². The number of rotatable bonds is 10. The number of carbonyl (C=O) groups excluding carboxylic acids is 1. The van der Waals surface area contributed by atoms with Crippen molar-refractivity contribution in [3.63, 3.8) is 0 Å². The molecule has 0 radical (unpaired) electrons. The molecule has 0 bridgehead atoms. The summed E-state index contributed by atoms with van der Waals surface area (Å²) >= 11 is 6.08. The number of ether oxygens (including phenoxy) is 1. The SMILES string of the molecule is CC(C)(CNc1ccc(C2=NNC(=O)CC2)cc1)NC[C@H](O)COc1cc(C#N)ccc1Cl. The van der Waals surface area contributed by atoms with Crippen LogP contribution in [0.4, 0.5) is 5.69 Å². The highest BCUT2D eigenvalue weighted by atomic mass is 35.5. The van der Waals surface area contributed by atoms with Gasteiger partial charge in [0.25, 0.3) is 0 Å². The Morgan fingerprint density at radius 2 is 2.03 bits per heavy atom. The van der Waals surface area contributed by atoms with Crippen molar-refractivity contribution in [3.05, 3.63) is 58.6 Å². The third-order valence-corrected chi connectivity index (χ3v) is 5.48. The lowest BCUT2D eigenvalue weighted by atomic mass is 10.0. The monoisotopic (exact) mass is 469 g/mol. The van der Waals surface area contributed by atoms with Crippen LogP contribution in [0, 0.1) is 11.3 Å². The van der Waals surface area contributed by atoms with Crippen molar-refractivity contribution in [2.24, 2.45) is 5.10 Å². The van der Waals surface area contributed by atoms with Gasteiger partial charge in [0.1, 0.15) is 18.5 Å². The molecule has 4 N–H and O–H groups in total. The minimum Gasteiger partial charge on any atom is -0.489 e. The maximum atomic E-state index is 11.2. The largest absolute Gasteiger partial charge is 0.489 e. The van der Waals surface area contributed by atoms with Crippen LogP contribution >= 0.6 is 11.6 Å². The van der Waals surface area contributed by atoms with Gasteiger partial charge in [-0.3, -0.25) is 4.79 Å². The summed E-state index contributed by atoms with van der Waals surface area (Å²) in [6, 6.07) is 14.7. The standard InChI is InChI=1S/C24H28ClN5O3/c1-24(2,28-13-19(31)14-33-22-11-16(12-26)3-8-20(22)25)15-27-18-6-4-17(5-7-18)21-9-10-23(32)30-29-21/h3-8,11,19,27-28,31H,9-10,13-15H2,1-2H3,(H,30,32)/t19-/m0/s1. The van der Waals surface area contributed by atoms with Gasteiger partial charge in [0.2, 0.25) is 5.91 Å². The maximum Gasteiger partial charge on any atom is 0.240 e. The summed E-state index contributed by atoms with van der Waals surface area (Å²) in [5.74, 6) is 0.321. The number of hydrogen-bond donors (Lipinski definition) is 4. The number of anilines is 1. The Morgan fingerprint density at radius 3 is 2.70 bits per heavy atom. The number of aliphatic hydroxyl groups excluding tert-OH is 1. The van der Waals surface area contributed by atoms with Crippen molar-refractivity contribution in [1.29, 1.82) is 5.26 Å². The molecule has 0 saturated heterocycles. The first-order valence-electron chi connectivity index (χ1n) is 10.7. The molecule has 33 heavy (non-hydrogen) atoms. The maximum absolute atomic E-state index is 11.2. The smallest absolute Gasteiger partial charge is 0.240 e. The second kappa shape index (κ2) is 11.1. The van der Waals surface area contributed by atoms with Crippen molar-refractivity contribution in [1.82, 2.24) is 10.7 Å². The number of hydrazone groups is 1. The van der Waals surface area contributed by atoms with E-state index >= 15 is 0 Å². The summed E-state index contributed by atoms with van der Waals surface area (Å²) in [7, 11) is 0. The lowest BCUT2D eigenvalue weighted by Crippen LogP contribution is -2.49. The minimum atomic E-state index is -0.748. The second-order valence-corrected chi connectivity index (χ2v) is 8.92. The van der Waals surface area contributed by atoms with E-state index in [1.54, 1.807) is 18.2 Å². The molecule has 1 aliphatic rings. The van der Waals surface area contributed by atoms with E-state index in [-0.39, 0.29) is 18.1 Å². The number of nitrogens with one attached hydrogen (secondary N) is 3. The fourth-order valence-corrected chi connectivity index (χ4v) is 3.34. The molecule has 0 saturated carbocycles. The van der Waals surface area contributed by atoms with E-state index in [1.165, 1.54) is 0 Å². The Hall–Kier alpha value is -3.12. The first-order chi connectivity index (χ1) is 15.8. The van der Waals surface area contributed by atoms with Crippen molar-refractivity contribution < 1.29 is 14.6 Å². The minimum absolute atomic E-state index is 0.0525. The third-order valence-electron chi connectivity index (χ3n) is 5.16. The Balaban J connectivity index is 1.43. The molecule has 0 aromatic heterocycles. The van der Waals surface area contributed by atoms with Crippen LogP contribution in [0.1, 0.15) is 37.8 Å². The molecular weight excluding hydrogens is 442 g/mol. The number of aliphatic hydroxyl groups is 1. The topological polar surface area (TPSA) is 119 Å². The third kappa shape index (κ3) is 7.46. The Kier molecular flexibility index (Phi) is 8.28. The van der Waals surface area contributed by atoms with Gasteiger partial charge in [0.15, 0.2) is 0 Å². The van der Waals surface area contributed by atoms with Crippen LogP contribution in [0.15, 0.2) is 47.6 Å². The fraction of sp³-hybridized carbons (Fsp3) is 0.375.